The third-order valence-corrected chi connectivity index (χ3v) is 2.84. The van der Waals surface area contributed by atoms with E-state index in [1.807, 2.05) is 20.8 Å². The highest BCUT2D eigenvalue weighted by atomic mass is 16.3. The van der Waals surface area contributed by atoms with E-state index in [9.17, 15) is 9.90 Å². The van der Waals surface area contributed by atoms with Gasteiger partial charge >= 0.3 is 0 Å². The zero-order valence-electron chi connectivity index (χ0n) is 10.1. The molecule has 1 rings (SSSR count). The molecule has 0 heterocycles. The first-order valence-electron chi connectivity index (χ1n) is 5.80. The molecule has 0 aromatic rings. The maximum absolute atomic E-state index is 11.5. The van der Waals surface area contributed by atoms with E-state index in [-0.39, 0.29) is 11.3 Å². The van der Waals surface area contributed by atoms with E-state index in [0.717, 1.165) is 25.7 Å². The van der Waals surface area contributed by atoms with Crippen molar-refractivity contribution in [2.24, 2.45) is 5.41 Å². The third-order valence-electron chi connectivity index (χ3n) is 2.84. The number of rotatable bonds is 3. The van der Waals surface area contributed by atoms with Crippen LogP contribution in [0.3, 0.4) is 0 Å². The smallest absolute Gasteiger partial charge is 0.220 e. The molecule has 1 saturated carbocycles. The van der Waals surface area contributed by atoms with Crippen LogP contribution in [-0.4, -0.2) is 23.2 Å². The average molecular weight is 213 g/mol. The number of carbonyl (C=O) groups is 1. The van der Waals surface area contributed by atoms with Gasteiger partial charge in [0, 0.05) is 13.0 Å². The second-order valence-corrected chi connectivity index (χ2v) is 5.95. The molecule has 1 amide bonds. The molecule has 3 heteroatoms. The van der Waals surface area contributed by atoms with E-state index in [1.54, 1.807) is 0 Å². The highest BCUT2D eigenvalue weighted by molar-refractivity contribution is 5.76. The third kappa shape index (κ3) is 4.65. The van der Waals surface area contributed by atoms with E-state index < -0.39 is 5.60 Å². The van der Waals surface area contributed by atoms with Crippen molar-refractivity contribution in [3.63, 3.8) is 0 Å². The SMILES string of the molecule is CC(C)(C)CC(=O)NCC1(O)CCCC1. The second-order valence-electron chi connectivity index (χ2n) is 5.95. The standard InChI is InChI=1S/C12H23NO2/c1-11(2,3)8-10(14)13-9-12(15)6-4-5-7-12/h15H,4-9H2,1-3H3,(H,13,14). The molecule has 0 radical (unpaired) electrons. The van der Waals surface area contributed by atoms with Crippen molar-refractivity contribution in [1.29, 1.82) is 0 Å². The number of amides is 1. The molecule has 0 aromatic heterocycles. The summed E-state index contributed by atoms with van der Waals surface area (Å²) >= 11 is 0. The Bertz CT molecular complexity index is 224. The molecule has 0 spiro atoms. The van der Waals surface area contributed by atoms with Crippen LogP contribution in [-0.2, 0) is 4.79 Å². The topological polar surface area (TPSA) is 49.3 Å². The van der Waals surface area contributed by atoms with Crippen molar-refractivity contribution >= 4 is 5.91 Å². The Labute approximate surface area is 92.3 Å². The zero-order valence-corrected chi connectivity index (χ0v) is 10.1. The van der Waals surface area contributed by atoms with Crippen molar-refractivity contribution < 1.29 is 9.90 Å². The quantitative estimate of drug-likeness (QED) is 0.751. The minimum absolute atomic E-state index is 0.0162. The Morgan fingerprint density at radius 1 is 1.33 bits per heavy atom. The van der Waals surface area contributed by atoms with Gasteiger partial charge in [-0.2, -0.15) is 0 Å². The Hall–Kier alpha value is -0.570. The van der Waals surface area contributed by atoms with Gasteiger partial charge in [-0.1, -0.05) is 33.6 Å². The lowest BCUT2D eigenvalue weighted by molar-refractivity contribution is -0.124. The summed E-state index contributed by atoms with van der Waals surface area (Å²) in [5, 5.41) is 12.9. The number of hydrogen-bond donors (Lipinski definition) is 2. The Morgan fingerprint density at radius 3 is 2.33 bits per heavy atom. The lowest BCUT2D eigenvalue weighted by Gasteiger charge is -2.24. The average Bonchev–Trinajstić information content (AvgIpc) is 2.47. The van der Waals surface area contributed by atoms with Crippen molar-refractivity contribution in [2.75, 3.05) is 6.54 Å². The van der Waals surface area contributed by atoms with Crippen LogP contribution in [0.4, 0.5) is 0 Å². The predicted molar refractivity (Wildman–Crippen MR) is 60.5 cm³/mol. The van der Waals surface area contributed by atoms with Crippen LogP contribution in [0.2, 0.25) is 0 Å². The molecule has 0 bridgehead atoms. The summed E-state index contributed by atoms with van der Waals surface area (Å²) in [6, 6.07) is 0. The number of aliphatic hydroxyl groups is 1. The van der Waals surface area contributed by atoms with Gasteiger partial charge in [0.1, 0.15) is 0 Å². The van der Waals surface area contributed by atoms with Gasteiger partial charge in [-0.15, -0.1) is 0 Å². The fourth-order valence-corrected chi connectivity index (χ4v) is 2.02. The Kier molecular flexibility index (Phi) is 3.77. The molecule has 88 valence electrons. The highest BCUT2D eigenvalue weighted by Crippen LogP contribution is 2.28. The van der Waals surface area contributed by atoms with Gasteiger partial charge in [0.05, 0.1) is 5.60 Å². The molecule has 0 atom stereocenters. The summed E-state index contributed by atoms with van der Waals surface area (Å²) < 4.78 is 0. The molecule has 1 aliphatic rings. The van der Waals surface area contributed by atoms with E-state index in [0.29, 0.717) is 13.0 Å². The normalized spacial score (nSPS) is 20.3. The largest absolute Gasteiger partial charge is 0.388 e. The molecule has 15 heavy (non-hydrogen) atoms. The number of carbonyl (C=O) groups excluding carboxylic acids is 1. The summed E-state index contributed by atoms with van der Waals surface area (Å²) in [5.41, 5.74) is -0.615. The number of nitrogens with one attached hydrogen (secondary N) is 1. The summed E-state index contributed by atoms with van der Waals surface area (Å²) in [6.07, 6.45) is 4.31. The first-order chi connectivity index (χ1) is 6.81. The van der Waals surface area contributed by atoms with Gasteiger partial charge in [0.15, 0.2) is 0 Å². The van der Waals surface area contributed by atoms with E-state index in [2.05, 4.69) is 5.32 Å². The van der Waals surface area contributed by atoms with E-state index in [4.69, 9.17) is 0 Å². The van der Waals surface area contributed by atoms with Gasteiger partial charge in [-0.25, -0.2) is 0 Å². The maximum Gasteiger partial charge on any atom is 0.220 e. The molecule has 0 aromatic carbocycles. The summed E-state index contributed by atoms with van der Waals surface area (Å²) in [5.74, 6) is 0.0443. The van der Waals surface area contributed by atoms with Crippen molar-refractivity contribution in [3.05, 3.63) is 0 Å². The first kappa shape index (κ1) is 12.5. The molecule has 0 unspecified atom stereocenters. The molecule has 0 aliphatic heterocycles. The van der Waals surface area contributed by atoms with Gasteiger partial charge in [-0.05, 0) is 18.3 Å². The minimum Gasteiger partial charge on any atom is -0.388 e. The first-order valence-corrected chi connectivity index (χ1v) is 5.80. The summed E-state index contributed by atoms with van der Waals surface area (Å²) in [7, 11) is 0. The maximum atomic E-state index is 11.5. The van der Waals surface area contributed by atoms with Crippen molar-refractivity contribution in [1.82, 2.24) is 5.32 Å². The van der Waals surface area contributed by atoms with Crippen LogP contribution in [0.1, 0.15) is 52.9 Å². The molecule has 1 aliphatic carbocycles. The monoisotopic (exact) mass is 213 g/mol. The van der Waals surface area contributed by atoms with Crippen LogP contribution in [0.25, 0.3) is 0 Å². The van der Waals surface area contributed by atoms with Crippen molar-refractivity contribution in [3.8, 4) is 0 Å². The van der Waals surface area contributed by atoms with Crippen LogP contribution >= 0.6 is 0 Å². The van der Waals surface area contributed by atoms with Crippen LogP contribution in [0.15, 0.2) is 0 Å². The van der Waals surface area contributed by atoms with Crippen molar-refractivity contribution in [2.45, 2.75) is 58.5 Å². The fourth-order valence-electron chi connectivity index (χ4n) is 2.02. The molecule has 2 N–H and O–H groups in total. The highest BCUT2D eigenvalue weighted by Gasteiger charge is 2.31. The fraction of sp³-hybridized carbons (Fsp3) is 0.917. The van der Waals surface area contributed by atoms with Gasteiger partial charge in [-0.3, -0.25) is 4.79 Å². The molecule has 3 nitrogen and oxygen atoms in total. The second kappa shape index (κ2) is 4.52. The Morgan fingerprint density at radius 2 is 1.87 bits per heavy atom. The van der Waals surface area contributed by atoms with Gasteiger partial charge in [0.25, 0.3) is 0 Å². The van der Waals surface area contributed by atoms with E-state index in [1.165, 1.54) is 0 Å². The summed E-state index contributed by atoms with van der Waals surface area (Å²) in [6.45, 7) is 6.53. The van der Waals surface area contributed by atoms with Crippen LogP contribution in [0.5, 0.6) is 0 Å². The molecular weight excluding hydrogens is 190 g/mol. The summed E-state index contributed by atoms with van der Waals surface area (Å²) in [4.78, 5) is 11.5. The van der Waals surface area contributed by atoms with Gasteiger partial charge in [0.2, 0.25) is 5.91 Å². The molecular formula is C12H23NO2. The zero-order chi connectivity index (χ0) is 11.5. The minimum atomic E-state index is -0.631. The van der Waals surface area contributed by atoms with E-state index >= 15 is 0 Å². The molecule has 1 fully saturated rings. The lowest BCUT2D eigenvalue weighted by atomic mass is 9.92. The Balaban J connectivity index is 2.28. The van der Waals surface area contributed by atoms with Crippen LogP contribution in [0, 0.1) is 5.41 Å². The van der Waals surface area contributed by atoms with Gasteiger partial charge < -0.3 is 10.4 Å². The lowest BCUT2D eigenvalue weighted by Crippen LogP contribution is -2.41. The number of hydrogen-bond acceptors (Lipinski definition) is 2. The predicted octanol–water partition coefficient (Wildman–Crippen LogP) is 1.84. The molecule has 0 saturated heterocycles. The van der Waals surface area contributed by atoms with Crippen LogP contribution < -0.4 is 5.32 Å².